The van der Waals surface area contributed by atoms with Gasteiger partial charge in [-0.05, 0) is 6.07 Å². The van der Waals surface area contributed by atoms with Gasteiger partial charge in [-0.2, -0.15) is 0 Å². The van der Waals surface area contributed by atoms with Crippen LogP contribution in [0, 0.1) is 5.92 Å². The van der Waals surface area contributed by atoms with E-state index in [0.29, 0.717) is 15.5 Å². The second-order valence-corrected chi connectivity index (χ2v) is 7.52. The Labute approximate surface area is 151 Å². The molecular formula is C16H15NO6S2. The van der Waals surface area contributed by atoms with Crippen molar-refractivity contribution in [2.24, 2.45) is 5.92 Å². The Morgan fingerprint density at radius 1 is 1.16 bits per heavy atom. The Hall–Kier alpha value is -2.26. The summed E-state index contributed by atoms with van der Waals surface area (Å²) in [5.41, 5.74) is 0.448. The molecule has 0 aliphatic carbocycles. The van der Waals surface area contributed by atoms with Crippen molar-refractivity contribution >= 4 is 35.0 Å². The summed E-state index contributed by atoms with van der Waals surface area (Å²) in [6.07, 6.45) is 0. The number of hydrogen-bond acceptors (Lipinski definition) is 8. The predicted molar refractivity (Wildman–Crippen MR) is 92.1 cm³/mol. The van der Waals surface area contributed by atoms with Crippen LogP contribution in [0.3, 0.4) is 0 Å². The summed E-state index contributed by atoms with van der Waals surface area (Å²) in [5.74, 6) is -2.86. The van der Waals surface area contributed by atoms with Gasteiger partial charge in [-0.3, -0.25) is 14.4 Å². The summed E-state index contributed by atoms with van der Waals surface area (Å²) in [4.78, 5) is 39.6. The van der Waals surface area contributed by atoms with Gasteiger partial charge < -0.3 is 19.6 Å². The van der Waals surface area contributed by atoms with Crippen molar-refractivity contribution in [1.82, 2.24) is 4.98 Å². The number of thiazole rings is 1. The number of phenolic OH excluding ortho intramolecular Hbond substituents is 1. The fourth-order valence-electron chi connectivity index (χ4n) is 2.95. The number of phenols is 1. The number of nitrogens with one attached hydrogen (secondary N) is 1. The monoisotopic (exact) mass is 381 g/mol. The minimum atomic E-state index is -0.935. The molecule has 0 spiro atoms. The summed E-state index contributed by atoms with van der Waals surface area (Å²) < 4.78 is 9.73. The van der Waals surface area contributed by atoms with Crippen LogP contribution in [0.4, 0.5) is 0 Å². The maximum absolute atomic E-state index is 12.5. The van der Waals surface area contributed by atoms with E-state index in [9.17, 15) is 19.5 Å². The molecule has 7 nitrogen and oxygen atoms in total. The van der Waals surface area contributed by atoms with E-state index >= 15 is 0 Å². The molecule has 1 aromatic heterocycles. The highest BCUT2D eigenvalue weighted by atomic mass is 32.2. The topological polar surface area (TPSA) is 106 Å². The van der Waals surface area contributed by atoms with Crippen LogP contribution in [0.15, 0.2) is 34.1 Å². The van der Waals surface area contributed by atoms with E-state index in [4.69, 9.17) is 9.47 Å². The molecule has 1 aliphatic heterocycles. The highest BCUT2D eigenvalue weighted by molar-refractivity contribution is 8.00. The Morgan fingerprint density at radius 2 is 1.84 bits per heavy atom. The van der Waals surface area contributed by atoms with Gasteiger partial charge in [0.05, 0.1) is 25.2 Å². The number of methoxy groups -OCH3 is 2. The zero-order valence-corrected chi connectivity index (χ0v) is 15.0. The smallest absolute Gasteiger partial charge is 0.320 e. The molecule has 0 unspecified atom stereocenters. The van der Waals surface area contributed by atoms with Gasteiger partial charge >= 0.3 is 16.8 Å². The van der Waals surface area contributed by atoms with Gasteiger partial charge in [-0.25, -0.2) is 0 Å². The molecule has 2 aromatic rings. The maximum Gasteiger partial charge on any atom is 0.320 e. The molecule has 0 radical (unpaired) electrons. The Kier molecular flexibility index (Phi) is 4.87. The number of carbonyl (C=O) groups is 2. The second kappa shape index (κ2) is 6.93. The molecule has 2 heterocycles. The quantitative estimate of drug-likeness (QED) is 0.780. The van der Waals surface area contributed by atoms with E-state index in [2.05, 4.69) is 4.98 Å². The molecule has 132 valence electrons. The predicted octanol–water partition coefficient (Wildman–Crippen LogP) is 1.71. The van der Waals surface area contributed by atoms with E-state index in [0.717, 1.165) is 23.1 Å². The van der Waals surface area contributed by atoms with E-state index < -0.39 is 29.0 Å². The minimum Gasteiger partial charge on any atom is -0.508 e. The number of esters is 2. The molecule has 0 saturated heterocycles. The van der Waals surface area contributed by atoms with Gasteiger partial charge in [0.25, 0.3) is 0 Å². The number of ether oxygens (including phenoxy) is 2. The number of para-hydroxylation sites is 1. The van der Waals surface area contributed by atoms with Crippen molar-refractivity contribution < 1.29 is 24.2 Å². The van der Waals surface area contributed by atoms with Crippen molar-refractivity contribution in [3.05, 3.63) is 44.4 Å². The first-order valence-corrected chi connectivity index (χ1v) is 9.00. The molecule has 3 atom stereocenters. The molecule has 9 heteroatoms. The van der Waals surface area contributed by atoms with E-state index in [1.54, 1.807) is 18.2 Å². The highest BCUT2D eigenvalue weighted by Gasteiger charge is 2.49. The average Bonchev–Trinajstić information content (AvgIpc) is 2.99. The number of aromatic amines is 1. The summed E-state index contributed by atoms with van der Waals surface area (Å²) in [6.45, 7) is 0. The van der Waals surface area contributed by atoms with Crippen LogP contribution in [-0.4, -0.2) is 41.5 Å². The van der Waals surface area contributed by atoms with Crippen molar-refractivity contribution in [3.63, 3.8) is 0 Å². The Bertz CT molecular complexity index is 874. The first kappa shape index (κ1) is 17.6. The third-order valence-electron chi connectivity index (χ3n) is 4.03. The first-order chi connectivity index (χ1) is 12.0. The van der Waals surface area contributed by atoms with Gasteiger partial charge in [0.1, 0.15) is 11.0 Å². The number of aromatic nitrogens is 1. The van der Waals surface area contributed by atoms with Crippen molar-refractivity contribution in [1.29, 1.82) is 0 Å². The van der Waals surface area contributed by atoms with Gasteiger partial charge in [0.2, 0.25) is 0 Å². The zero-order chi connectivity index (χ0) is 18.1. The molecule has 25 heavy (non-hydrogen) atoms. The molecule has 0 bridgehead atoms. The lowest BCUT2D eigenvalue weighted by atomic mass is 9.81. The lowest BCUT2D eigenvalue weighted by molar-refractivity contribution is -0.151. The number of aromatic hydroxyl groups is 1. The number of rotatable bonds is 3. The summed E-state index contributed by atoms with van der Waals surface area (Å²) >= 11 is 2.02. The molecule has 1 aromatic carbocycles. The van der Waals surface area contributed by atoms with Crippen LogP contribution < -0.4 is 4.87 Å². The zero-order valence-electron chi connectivity index (χ0n) is 13.3. The normalized spacial score (nSPS) is 22.1. The number of benzene rings is 1. The number of carbonyl (C=O) groups excluding carboxylic acids is 2. The standard InChI is InChI=1S/C16H15NO6S2/c1-22-14(19)10-9(7-5-3-4-6-8(7)18)11-13(17-16(21)25-11)24-12(10)15(20)23-2/h3-6,9-10,12,18H,1-2H3,(H,17,21)/t9-,10+,12-/m1/s1. The summed E-state index contributed by atoms with van der Waals surface area (Å²) in [6, 6.07) is 6.52. The Morgan fingerprint density at radius 3 is 2.48 bits per heavy atom. The van der Waals surface area contributed by atoms with Crippen LogP contribution in [0.25, 0.3) is 0 Å². The SMILES string of the molecule is COC(=O)[C@H]1[C@@H](c2ccccc2O)c2sc(=O)[nH]c2S[C@H]1C(=O)OC. The van der Waals surface area contributed by atoms with E-state index in [1.807, 2.05) is 0 Å². The maximum atomic E-state index is 12.5. The lowest BCUT2D eigenvalue weighted by Gasteiger charge is -2.34. The molecule has 0 saturated carbocycles. The highest BCUT2D eigenvalue weighted by Crippen LogP contribution is 2.51. The van der Waals surface area contributed by atoms with Crippen molar-refractivity contribution in [2.75, 3.05) is 14.2 Å². The van der Waals surface area contributed by atoms with Crippen LogP contribution in [0.5, 0.6) is 5.75 Å². The number of fused-ring (bicyclic) bond motifs is 1. The van der Waals surface area contributed by atoms with Crippen LogP contribution in [0.1, 0.15) is 16.4 Å². The number of H-pyrrole nitrogens is 1. The molecule has 0 fully saturated rings. The average molecular weight is 381 g/mol. The molecule has 2 N–H and O–H groups in total. The number of hydrogen-bond donors (Lipinski definition) is 2. The first-order valence-electron chi connectivity index (χ1n) is 7.31. The molecule has 3 rings (SSSR count). The summed E-state index contributed by atoms with van der Waals surface area (Å²) in [5, 5.41) is 9.89. The Balaban J connectivity index is 2.24. The minimum absolute atomic E-state index is 0.0243. The third kappa shape index (κ3) is 3.05. The van der Waals surface area contributed by atoms with E-state index in [1.165, 1.54) is 20.3 Å². The fourth-order valence-corrected chi connectivity index (χ4v) is 5.44. The molecule has 1 aliphatic rings. The van der Waals surface area contributed by atoms with Gasteiger partial charge in [0.15, 0.2) is 0 Å². The van der Waals surface area contributed by atoms with Gasteiger partial charge in [-0.1, -0.05) is 41.3 Å². The molecule has 0 amide bonds. The largest absolute Gasteiger partial charge is 0.508 e. The summed E-state index contributed by atoms with van der Waals surface area (Å²) in [7, 11) is 2.47. The third-order valence-corrected chi connectivity index (χ3v) is 6.43. The second-order valence-electron chi connectivity index (χ2n) is 5.35. The van der Waals surface area contributed by atoms with Crippen LogP contribution >= 0.6 is 23.1 Å². The number of thioether (sulfide) groups is 1. The molecular weight excluding hydrogens is 366 g/mol. The fraction of sp³-hybridized carbons (Fsp3) is 0.312. The lowest BCUT2D eigenvalue weighted by Crippen LogP contribution is -2.40. The van der Waals surface area contributed by atoms with Crippen LogP contribution in [0.2, 0.25) is 0 Å². The van der Waals surface area contributed by atoms with Crippen LogP contribution in [-0.2, 0) is 19.1 Å². The van der Waals surface area contributed by atoms with Gasteiger partial charge in [-0.15, -0.1) is 0 Å². The van der Waals surface area contributed by atoms with Crippen molar-refractivity contribution in [2.45, 2.75) is 16.2 Å². The van der Waals surface area contributed by atoms with Crippen molar-refractivity contribution in [3.8, 4) is 5.75 Å². The van der Waals surface area contributed by atoms with E-state index in [-0.39, 0.29) is 10.6 Å². The van der Waals surface area contributed by atoms with Gasteiger partial charge in [0, 0.05) is 16.4 Å².